The van der Waals surface area contributed by atoms with Crippen molar-refractivity contribution in [3.8, 4) is 5.75 Å². The van der Waals surface area contributed by atoms with E-state index < -0.39 is 6.36 Å². The lowest BCUT2D eigenvalue weighted by atomic mass is 9.86. The second-order valence-electron chi connectivity index (χ2n) is 10.6. The van der Waals surface area contributed by atoms with Crippen LogP contribution in [0, 0.1) is 13.8 Å². The van der Waals surface area contributed by atoms with Crippen LogP contribution in [0.15, 0.2) is 35.7 Å². The molecule has 0 bridgehead atoms. The first-order valence-electron chi connectivity index (χ1n) is 13.6. The number of amidine groups is 1. The number of aryl methyl sites for hydroxylation is 2. The van der Waals surface area contributed by atoms with Crippen molar-refractivity contribution in [2.45, 2.75) is 65.4 Å². The number of hydrogen-bond donors (Lipinski definition) is 0. The molecule has 1 atom stereocenters. The van der Waals surface area contributed by atoms with E-state index in [1.807, 2.05) is 25.7 Å². The highest BCUT2D eigenvalue weighted by Gasteiger charge is 2.41. The molecular weight excluding hydrogens is 525 g/mol. The third kappa shape index (κ3) is 6.65. The highest BCUT2D eigenvalue weighted by atomic mass is 19.4. The first kappa shape index (κ1) is 29.6. The summed E-state index contributed by atoms with van der Waals surface area (Å²) in [4.78, 5) is 33.6. The van der Waals surface area contributed by atoms with Gasteiger partial charge >= 0.3 is 6.36 Å². The lowest BCUT2D eigenvalue weighted by Crippen LogP contribution is -2.63. The molecule has 0 N–H and O–H groups in total. The summed E-state index contributed by atoms with van der Waals surface area (Å²) in [5.74, 6) is 0.279. The van der Waals surface area contributed by atoms with E-state index in [0.717, 1.165) is 25.9 Å². The van der Waals surface area contributed by atoms with Crippen LogP contribution in [0.5, 0.6) is 5.75 Å². The predicted octanol–water partition coefficient (Wildman–Crippen LogP) is 4.39. The minimum absolute atomic E-state index is 0.0146. The standard InChI is InChI=1S/C28H37F3N6O3/c1-6-39-34-25(22-7-9-23(10-8-22)40-28(29,30)31)37-16-15-36(17-19(37)2)27(5)11-13-35(14-12-27)26(38)24-20(3)32-18-33-21(24)4/h7-10,18-19H,6,11-17H2,1-5H3/t19-/m0/s1. The quantitative estimate of drug-likeness (QED) is 0.293. The molecule has 2 aromatic rings. The van der Waals surface area contributed by atoms with Crippen LogP contribution in [0.25, 0.3) is 0 Å². The van der Waals surface area contributed by atoms with Crippen LogP contribution >= 0.6 is 0 Å². The number of piperidine rings is 1. The summed E-state index contributed by atoms with van der Waals surface area (Å²) in [6.45, 7) is 13.8. The molecule has 4 rings (SSSR count). The van der Waals surface area contributed by atoms with Crippen LogP contribution < -0.4 is 4.74 Å². The molecule has 1 aromatic carbocycles. The normalized spacial score (nSPS) is 20.4. The molecule has 218 valence electrons. The molecule has 0 unspecified atom stereocenters. The van der Waals surface area contributed by atoms with E-state index in [2.05, 4.69) is 43.5 Å². The Hall–Kier alpha value is -3.41. The number of benzene rings is 1. The molecule has 2 fully saturated rings. The minimum Gasteiger partial charge on any atom is -0.406 e. The van der Waals surface area contributed by atoms with E-state index in [0.29, 0.717) is 54.6 Å². The van der Waals surface area contributed by atoms with E-state index in [1.165, 1.54) is 18.5 Å². The summed E-state index contributed by atoms with van der Waals surface area (Å²) >= 11 is 0. The maximum atomic E-state index is 13.2. The molecule has 3 heterocycles. The third-order valence-corrected chi connectivity index (χ3v) is 7.86. The zero-order valence-corrected chi connectivity index (χ0v) is 23.7. The average molecular weight is 563 g/mol. The number of likely N-dealkylation sites (tertiary alicyclic amines) is 1. The van der Waals surface area contributed by atoms with Gasteiger partial charge in [0.1, 0.15) is 18.7 Å². The van der Waals surface area contributed by atoms with Gasteiger partial charge in [-0.05, 0) is 71.7 Å². The molecule has 2 aliphatic heterocycles. The van der Waals surface area contributed by atoms with Crippen LogP contribution in [0.3, 0.4) is 0 Å². The highest BCUT2D eigenvalue weighted by molar-refractivity contribution is 5.99. The molecule has 1 amide bonds. The largest absolute Gasteiger partial charge is 0.573 e. The van der Waals surface area contributed by atoms with Gasteiger partial charge in [0.15, 0.2) is 5.84 Å². The predicted molar refractivity (Wildman–Crippen MR) is 144 cm³/mol. The molecule has 9 nitrogen and oxygen atoms in total. The van der Waals surface area contributed by atoms with Crippen molar-refractivity contribution in [2.24, 2.45) is 5.16 Å². The van der Waals surface area contributed by atoms with Crippen molar-refractivity contribution in [1.29, 1.82) is 0 Å². The fraction of sp³-hybridized carbons (Fsp3) is 0.571. The Morgan fingerprint density at radius 3 is 2.25 bits per heavy atom. The number of alkyl halides is 3. The summed E-state index contributed by atoms with van der Waals surface area (Å²) < 4.78 is 41.8. The number of halogens is 3. The van der Waals surface area contributed by atoms with Crippen LogP contribution in [0.1, 0.15) is 60.9 Å². The summed E-state index contributed by atoms with van der Waals surface area (Å²) in [6.07, 6.45) is -1.57. The van der Waals surface area contributed by atoms with Crippen LogP contribution in [0.2, 0.25) is 0 Å². The second-order valence-corrected chi connectivity index (χ2v) is 10.6. The summed E-state index contributed by atoms with van der Waals surface area (Å²) in [5, 5.41) is 4.32. The Labute approximate surface area is 232 Å². The maximum Gasteiger partial charge on any atom is 0.573 e. The number of ether oxygens (including phenoxy) is 1. The number of nitrogens with zero attached hydrogens (tertiary/aromatic N) is 6. The Morgan fingerprint density at radius 1 is 1.07 bits per heavy atom. The SMILES string of the molecule is CCON=C(c1ccc(OC(F)(F)F)cc1)N1CCN(C2(C)CCN(C(=O)c3c(C)ncnc3C)CC2)C[C@@H]1C. The summed E-state index contributed by atoms with van der Waals surface area (Å²) in [5.41, 5.74) is 2.57. The molecule has 0 radical (unpaired) electrons. The molecule has 1 aromatic heterocycles. The van der Waals surface area contributed by atoms with Crippen molar-refractivity contribution in [3.63, 3.8) is 0 Å². The number of carbonyl (C=O) groups is 1. The van der Waals surface area contributed by atoms with Gasteiger partial charge in [-0.2, -0.15) is 0 Å². The monoisotopic (exact) mass is 562 g/mol. The van der Waals surface area contributed by atoms with Gasteiger partial charge in [0.05, 0.1) is 17.0 Å². The van der Waals surface area contributed by atoms with Gasteiger partial charge in [0, 0.05) is 49.9 Å². The molecule has 0 aliphatic carbocycles. The number of amides is 1. The zero-order valence-electron chi connectivity index (χ0n) is 23.7. The number of oxime groups is 1. The molecule has 2 aliphatic rings. The van der Waals surface area contributed by atoms with Gasteiger partial charge in [0.25, 0.3) is 5.91 Å². The van der Waals surface area contributed by atoms with Crippen LogP contribution in [-0.4, -0.2) is 93.7 Å². The number of rotatable bonds is 6. The van der Waals surface area contributed by atoms with Gasteiger partial charge in [0.2, 0.25) is 0 Å². The van der Waals surface area contributed by atoms with E-state index in [-0.39, 0.29) is 23.2 Å². The summed E-state index contributed by atoms with van der Waals surface area (Å²) in [6, 6.07) is 5.76. The second kappa shape index (κ2) is 12.0. The Balaban J connectivity index is 1.41. The fourth-order valence-corrected chi connectivity index (χ4v) is 5.53. The van der Waals surface area contributed by atoms with Crippen molar-refractivity contribution in [3.05, 3.63) is 53.1 Å². The van der Waals surface area contributed by atoms with Crippen LogP contribution in [-0.2, 0) is 4.84 Å². The van der Waals surface area contributed by atoms with Crippen molar-refractivity contribution in [2.75, 3.05) is 39.3 Å². The van der Waals surface area contributed by atoms with Crippen LogP contribution in [0.4, 0.5) is 13.2 Å². The number of piperazine rings is 1. The number of hydrogen-bond acceptors (Lipinski definition) is 7. The number of aromatic nitrogens is 2. The Bertz CT molecular complexity index is 1190. The molecule has 40 heavy (non-hydrogen) atoms. The van der Waals surface area contributed by atoms with E-state index in [9.17, 15) is 18.0 Å². The fourth-order valence-electron chi connectivity index (χ4n) is 5.53. The first-order chi connectivity index (χ1) is 18.9. The lowest BCUT2D eigenvalue weighted by Gasteiger charge is -2.52. The molecule has 12 heteroatoms. The third-order valence-electron chi connectivity index (χ3n) is 7.86. The van der Waals surface area contributed by atoms with E-state index in [1.54, 1.807) is 12.1 Å². The van der Waals surface area contributed by atoms with Gasteiger partial charge < -0.3 is 19.4 Å². The summed E-state index contributed by atoms with van der Waals surface area (Å²) in [7, 11) is 0. The zero-order chi connectivity index (χ0) is 29.1. The maximum absolute atomic E-state index is 13.2. The van der Waals surface area contributed by atoms with Gasteiger partial charge in [-0.3, -0.25) is 9.69 Å². The number of carbonyl (C=O) groups excluding carboxylic acids is 1. The average Bonchev–Trinajstić information content (AvgIpc) is 2.89. The smallest absolute Gasteiger partial charge is 0.406 e. The topological polar surface area (TPSA) is 83.4 Å². The Kier molecular flexibility index (Phi) is 8.86. The van der Waals surface area contributed by atoms with Gasteiger partial charge in [-0.1, -0.05) is 5.16 Å². The first-order valence-corrected chi connectivity index (χ1v) is 13.6. The minimum atomic E-state index is -4.75. The lowest BCUT2D eigenvalue weighted by molar-refractivity contribution is -0.274. The highest BCUT2D eigenvalue weighted by Crippen LogP contribution is 2.32. The van der Waals surface area contributed by atoms with E-state index >= 15 is 0 Å². The van der Waals surface area contributed by atoms with Crippen molar-refractivity contribution in [1.82, 2.24) is 24.7 Å². The van der Waals surface area contributed by atoms with E-state index in [4.69, 9.17) is 4.84 Å². The van der Waals surface area contributed by atoms with Gasteiger partial charge in [-0.15, -0.1) is 13.2 Å². The Morgan fingerprint density at radius 2 is 1.70 bits per heavy atom. The molecule has 2 saturated heterocycles. The van der Waals surface area contributed by atoms with Crippen molar-refractivity contribution >= 4 is 11.7 Å². The molecule has 0 spiro atoms. The van der Waals surface area contributed by atoms with Crippen molar-refractivity contribution < 1.29 is 27.5 Å². The van der Waals surface area contributed by atoms with Gasteiger partial charge in [-0.25, -0.2) is 9.97 Å². The molecular formula is C28H37F3N6O3. The molecule has 0 saturated carbocycles.